The van der Waals surface area contributed by atoms with Crippen molar-refractivity contribution in [3.8, 4) is 0 Å². The van der Waals surface area contributed by atoms with Crippen molar-refractivity contribution in [2.75, 3.05) is 5.32 Å². The Bertz CT molecular complexity index is 1050. The number of fused-ring (bicyclic) bond motifs is 1. The number of anilines is 1. The van der Waals surface area contributed by atoms with Crippen molar-refractivity contribution >= 4 is 44.7 Å². The first-order valence-electron chi connectivity index (χ1n) is 7.81. The number of hydrogen-bond donors (Lipinski definition) is 1. The maximum Gasteiger partial charge on any atom is 0.263 e. The van der Waals surface area contributed by atoms with Crippen LogP contribution in [0.1, 0.15) is 21.8 Å². The second kappa shape index (κ2) is 6.61. The van der Waals surface area contributed by atoms with Gasteiger partial charge in [0.15, 0.2) is 0 Å². The predicted octanol–water partition coefficient (Wildman–Crippen LogP) is 3.98. The van der Waals surface area contributed by atoms with E-state index in [9.17, 15) is 9.59 Å². The van der Waals surface area contributed by atoms with Crippen LogP contribution >= 0.6 is 22.9 Å². The van der Waals surface area contributed by atoms with Crippen LogP contribution in [0.15, 0.2) is 23.0 Å². The zero-order valence-electron chi connectivity index (χ0n) is 14.4. The molecule has 25 heavy (non-hydrogen) atoms. The molecule has 7 heteroatoms. The van der Waals surface area contributed by atoms with Gasteiger partial charge in [0.2, 0.25) is 5.91 Å². The van der Waals surface area contributed by atoms with E-state index in [0.29, 0.717) is 21.9 Å². The van der Waals surface area contributed by atoms with E-state index in [1.807, 2.05) is 26.8 Å². The Morgan fingerprint density at radius 2 is 2.00 bits per heavy atom. The molecule has 0 spiro atoms. The Morgan fingerprint density at radius 3 is 2.72 bits per heavy atom. The summed E-state index contributed by atoms with van der Waals surface area (Å²) >= 11 is 7.48. The smallest absolute Gasteiger partial charge is 0.263 e. The van der Waals surface area contributed by atoms with Gasteiger partial charge in [0.25, 0.3) is 5.56 Å². The van der Waals surface area contributed by atoms with E-state index >= 15 is 0 Å². The number of hydrogen-bond acceptors (Lipinski definition) is 4. The van der Waals surface area contributed by atoms with Crippen LogP contribution in [0.25, 0.3) is 10.2 Å². The first-order valence-corrected chi connectivity index (χ1v) is 9.00. The third-order valence-corrected chi connectivity index (χ3v) is 5.59. The molecule has 1 N–H and O–H groups in total. The fourth-order valence-corrected chi connectivity index (χ4v) is 3.91. The van der Waals surface area contributed by atoms with Crippen LogP contribution in [0.3, 0.4) is 0 Å². The van der Waals surface area contributed by atoms with E-state index in [1.54, 1.807) is 19.1 Å². The van der Waals surface area contributed by atoms with Gasteiger partial charge < -0.3 is 5.32 Å². The van der Waals surface area contributed by atoms with Gasteiger partial charge >= 0.3 is 0 Å². The summed E-state index contributed by atoms with van der Waals surface area (Å²) in [5, 5.41) is 3.95. The maximum absolute atomic E-state index is 12.8. The number of aromatic nitrogens is 2. The molecule has 1 amide bonds. The summed E-state index contributed by atoms with van der Waals surface area (Å²) in [5.41, 5.74) is 2.29. The van der Waals surface area contributed by atoms with Gasteiger partial charge in [-0.15, -0.1) is 11.3 Å². The van der Waals surface area contributed by atoms with Gasteiger partial charge in [-0.2, -0.15) is 0 Å². The molecule has 3 aromatic rings. The van der Waals surface area contributed by atoms with Gasteiger partial charge in [-0.05, 0) is 51.0 Å². The molecule has 0 unspecified atom stereocenters. The second-order valence-electron chi connectivity index (χ2n) is 6.02. The minimum Gasteiger partial charge on any atom is -0.324 e. The van der Waals surface area contributed by atoms with E-state index in [-0.39, 0.29) is 18.0 Å². The largest absolute Gasteiger partial charge is 0.324 e. The molecule has 0 aliphatic carbocycles. The van der Waals surface area contributed by atoms with Crippen molar-refractivity contribution < 1.29 is 4.79 Å². The first kappa shape index (κ1) is 17.6. The van der Waals surface area contributed by atoms with Crippen LogP contribution in [-0.2, 0) is 11.3 Å². The van der Waals surface area contributed by atoms with Crippen LogP contribution < -0.4 is 10.9 Å². The van der Waals surface area contributed by atoms with Gasteiger partial charge in [0.1, 0.15) is 17.2 Å². The normalized spacial score (nSPS) is 11.1. The van der Waals surface area contributed by atoms with Crippen LogP contribution in [0.5, 0.6) is 0 Å². The molecule has 3 rings (SSSR count). The van der Waals surface area contributed by atoms with Gasteiger partial charge in [0.05, 0.1) is 5.39 Å². The lowest BCUT2D eigenvalue weighted by Crippen LogP contribution is -2.30. The second-order valence-corrected chi connectivity index (χ2v) is 7.66. The van der Waals surface area contributed by atoms with Gasteiger partial charge in [-0.3, -0.25) is 14.2 Å². The summed E-state index contributed by atoms with van der Waals surface area (Å²) in [6.45, 7) is 7.41. The average Bonchev–Trinajstić information content (AvgIpc) is 2.82. The molecule has 0 aliphatic heterocycles. The summed E-state index contributed by atoms with van der Waals surface area (Å²) in [7, 11) is 0. The highest BCUT2D eigenvalue weighted by Gasteiger charge is 2.16. The Morgan fingerprint density at radius 1 is 1.28 bits per heavy atom. The predicted molar refractivity (Wildman–Crippen MR) is 103 cm³/mol. The Hall–Kier alpha value is -2.18. The zero-order valence-corrected chi connectivity index (χ0v) is 16.0. The van der Waals surface area contributed by atoms with Crippen LogP contribution in [0.2, 0.25) is 5.02 Å². The lowest BCUT2D eigenvalue weighted by atomic mass is 10.2. The fraction of sp³-hybridized carbons (Fsp3) is 0.278. The molecule has 2 aromatic heterocycles. The number of carbonyl (C=O) groups excluding carboxylic acids is 1. The molecule has 0 saturated carbocycles. The quantitative estimate of drug-likeness (QED) is 0.752. The Kier molecular flexibility index (Phi) is 4.67. The zero-order chi connectivity index (χ0) is 18.3. The van der Waals surface area contributed by atoms with E-state index < -0.39 is 0 Å². The van der Waals surface area contributed by atoms with E-state index in [2.05, 4.69) is 10.3 Å². The molecular weight excluding hydrogens is 358 g/mol. The van der Waals surface area contributed by atoms with Crippen LogP contribution in [0, 0.1) is 27.7 Å². The van der Waals surface area contributed by atoms with Crippen molar-refractivity contribution in [3.63, 3.8) is 0 Å². The summed E-state index contributed by atoms with van der Waals surface area (Å²) in [6, 6.07) is 5.29. The summed E-state index contributed by atoms with van der Waals surface area (Å²) in [5.74, 6) is 0.234. The molecule has 1 aromatic carbocycles. The third kappa shape index (κ3) is 3.32. The molecular formula is C18H18ClN3O2S. The van der Waals surface area contributed by atoms with Crippen molar-refractivity contribution in [2.24, 2.45) is 0 Å². The van der Waals surface area contributed by atoms with Gasteiger partial charge in [-0.25, -0.2) is 4.98 Å². The lowest BCUT2D eigenvalue weighted by molar-refractivity contribution is -0.116. The molecule has 2 heterocycles. The number of amides is 1. The fourth-order valence-electron chi connectivity index (χ4n) is 2.68. The van der Waals surface area contributed by atoms with E-state index in [0.717, 1.165) is 20.8 Å². The molecule has 130 valence electrons. The summed E-state index contributed by atoms with van der Waals surface area (Å²) < 4.78 is 1.41. The van der Waals surface area contributed by atoms with Gasteiger partial charge in [0, 0.05) is 15.6 Å². The summed E-state index contributed by atoms with van der Waals surface area (Å²) in [6.07, 6.45) is 0. The lowest BCUT2D eigenvalue weighted by Gasteiger charge is -2.12. The molecule has 0 aliphatic rings. The topological polar surface area (TPSA) is 64.0 Å². The molecule has 0 fully saturated rings. The van der Waals surface area contributed by atoms with Crippen LogP contribution in [0.4, 0.5) is 5.69 Å². The van der Waals surface area contributed by atoms with Crippen molar-refractivity contribution in [3.05, 3.63) is 55.4 Å². The number of thiophene rings is 1. The molecule has 0 saturated heterocycles. The average molecular weight is 376 g/mol. The highest BCUT2D eigenvalue weighted by molar-refractivity contribution is 7.18. The van der Waals surface area contributed by atoms with E-state index in [1.165, 1.54) is 15.9 Å². The van der Waals surface area contributed by atoms with E-state index in [4.69, 9.17) is 11.6 Å². The standard InChI is InChI=1S/C18H18ClN3O2S/c1-9-5-6-13(19)7-14(9)21-15(23)8-22-12(4)20-17-16(18(22)24)10(2)11(3)25-17/h5-7H,8H2,1-4H3,(H,21,23). The Balaban J connectivity index is 1.95. The van der Waals surface area contributed by atoms with Crippen molar-refractivity contribution in [1.82, 2.24) is 9.55 Å². The number of halogens is 1. The maximum atomic E-state index is 12.8. The number of rotatable bonds is 3. The minimum absolute atomic E-state index is 0.0894. The van der Waals surface area contributed by atoms with Gasteiger partial charge in [-0.1, -0.05) is 17.7 Å². The molecule has 0 bridgehead atoms. The highest BCUT2D eigenvalue weighted by atomic mass is 35.5. The number of nitrogens with zero attached hydrogens (tertiary/aromatic N) is 2. The number of benzene rings is 1. The number of aryl methyl sites for hydroxylation is 4. The summed E-state index contributed by atoms with van der Waals surface area (Å²) in [4.78, 5) is 31.5. The first-order chi connectivity index (χ1) is 11.8. The minimum atomic E-state index is -0.290. The van der Waals surface area contributed by atoms with Crippen molar-refractivity contribution in [2.45, 2.75) is 34.2 Å². The molecule has 0 radical (unpaired) electrons. The monoisotopic (exact) mass is 375 g/mol. The number of carbonyl (C=O) groups is 1. The SMILES string of the molecule is Cc1ccc(Cl)cc1NC(=O)Cn1c(C)nc2sc(C)c(C)c2c1=O. The van der Waals surface area contributed by atoms with Crippen LogP contribution in [-0.4, -0.2) is 15.5 Å². The molecule has 0 atom stereocenters. The molecule has 5 nitrogen and oxygen atoms in total. The highest BCUT2D eigenvalue weighted by Crippen LogP contribution is 2.26. The third-order valence-electron chi connectivity index (χ3n) is 4.26. The van der Waals surface area contributed by atoms with Crippen molar-refractivity contribution in [1.29, 1.82) is 0 Å². The Labute approximate surface area is 154 Å². The number of nitrogens with one attached hydrogen (secondary N) is 1.